The quantitative estimate of drug-likeness (QED) is 0.782. The Morgan fingerprint density at radius 1 is 1.56 bits per heavy atom. The summed E-state index contributed by atoms with van der Waals surface area (Å²) >= 11 is 1.74. The van der Waals surface area contributed by atoms with Gasteiger partial charge in [-0.05, 0) is 38.5 Å². The summed E-state index contributed by atoms with van der Waals surface area (Å²) in [5.41, 5.74) is 0.228. The molecule has 2 fully saturated rings. The number of esters is 1. The summed E-state index contributed by atoms with van der Waals surface area (Å²) in [6, 6.07) is -0.414. The van der Waals surface area contributed by atoms with Crippen LogP contribution in [0.3, 0.4) is 0 Å². The third-order valence-electron chi connectivity index (χ3n) is 3.94. The van der Waals surface area contributed by atoms with Crippen molar-refractivity contribution >= 4 is 22.9 Å². The lowest BCUT2D eigenvalue weighted by Gasteiger charge is -2.35. The van der Waals surface area contributed by atoms with Gasteiger partial charge in [0.15, 0.2) is 5.17 Å². The fourth-order valence-electron chi connectivity index (χ4n) is 2.56. The maximum absolute atomic E-state index is 11.3. The standard InChI is InChI=1S/C13H22N2O2S/c1-9-4-6-13(7-5-9)8-18-12(15-13)14-10(2)11(16)17-3/h9-10H,4-8H2,1-3H3,(H,14,15). The molecule has 1 saturated carbocycles. The molecule has 1 spiro atoms. The van der Waals surface area contributed by atoms with Crippen LogP contribution >= 0.6 is 11.8 Å². The average molecular weight is 270 g/mol. The summed E-state index contributed by atoms with van der Waals surface area (Å²) in [6.45, 7) is 4.10. The van der Waals surface area contributed by atoms with Gasteiger partial charge in [0.25, 0.3) is 0 Å². The Balaban J connectivity index is 1.95. The summed E-state index contributed by atoms with van der Waals surface area (Å²) in [4.78, 5) is 15.8. The Hall–Kier alpha value is -0.710. The Morgan fingerprint density at radius 3 is 2.83 bits per heavy atom. The normalized spacial score (nSPS) is 35.5. The van der Waals surface area contributed by atoms with Crippen molar-refractivity contribution < 1.29 is 9.53 Å². The molecule has 0 bridgehead atoms. The van der Waals surface area contributed by atoms with Gasteiger partial charge < -0.3 is 10.1 Å². The van der Waals surface area contributed by atoms with Gasteiger partial charge in [0.1, 0.15) is 6.04 Å². The number of hydrogen-bond donors (Lipinski definition) is 1. The fourth-order valence-corrected chi connectivity index (χ4v) is 3.85. The molecular weight excluding hydrogens is 248 g/mol. The number of amidine groups is 1. The van der Waals surface area contributed by atoms with E-state index in [1.165, 1.54) is 32.8 Å². The lowest BCUT2D eigenvalue weighted by atomic mass is 9.78. The number of carbonyl (C=O) groups excluding carboxylic acids is 1. The lowest BCUT2D eigenvalue weighted by Crippen LogP contribution is -2.46. The van der Waals surface area contributed by atoms with Crippen LogP contribution in [0, 0.1) is 5.92 Å². The van der Waals surface area contributed by atoms with E-state index in [0.29, 0.717) is 0 Å². The molecule has 1 N–H and O–H groups in total. The summed E-state index contributed by atoms with van der Waals surface area (Å²) in [5.74, 6) is 1.65. The van der Waals surface area contributed by atoms with Crippen LogP contribution in [0.25, 0.3) is 0 Å². The molecule has 4 nitrogen and oxygen atoms in total. The van der Waals surface area contributed by atoms with Crippen LogP contribution in [0.4, 0.5) is 0 Å². The van der Waals surface area contributed by atoms with Gasteiger partial charge in [0.05, 0.1) is 7.11 Å². The van der Waals surface area contributed by atoms with E-state index in [9.17, 15) is 4.79 Å². The highest BCUT2D eigenvalue weighted by Crippen LogP contribution is 2.38. The number of thioether (sulfide) groups is 1. The topological polar surface area (TPSA) is 50.7 Å². The van der Waals surface area contributed by atoms with E-state index in [1.54, 1.807) is 18.7 Å². The predicted molar refractivity (Wildman–Crippen MR) is 74.9 cm³/mol. The Labute approximate surface area is 113 Å². The predicted octanol–water partition coefficient (Wildman–Crippen LogP) is 2.19. The summed E-state index contributed by atoms with van der Waals surface area (Å²) in [6.07, 6.45) is 5.00. The van der Waals surface area contributed by atoms with Crippen molar-refractivity contribution in [2.45, 2.75) is 51.1 Å². The maximum atomic E-state index is 11.3. The number of aliphatic imine (C=N–C) groups is 1. The molecule has 1 atom stereocenters. The second-order valence-corrected chi connectivity index (χ2v) is 6.47. The smallest absolute Gasteiger partial charge is 0.330 e. The van der Waals surface area contributed by atoms with Gasteiger partial charge in [-0.25, -0.2) is 9.79 Å². The number of carbonyl (C=O) groups is 1. The SMILES string of the molecule is COC(=O)C(C)N=C1NC2(CCC(C)CC2)CS1. The van der Waals surface area contributed by atoms with Crippen molar-refractivity contribution in [3.8, 4) is 0 Å². The molecule has 1 unspecified atom stereocenters. The number of hydrogen-bond acceptors (Lipinski definition) is 4. The second kappa shape index (κ2) is 5.51. The molecular formula is C13H22N2O2S. The van der Waals surface area contributed by atoms with Gasteiger partial charge in [0, 0.05) is 11.3 Å². The third-order valence-corrected chi connectivity index (χ3v) is 5.12. The molecule has 1 aliphatic carbocycles. The summed E-state index contributed by atoms with van der Waals surface area (Å²) in [7, 11) is 1.40. The molecule has 5 heteroatoms. The zero-order valence-electron chi connectivity index (χ0n) is 11.4. The molecule has 2 rings (SSSR count). The molecule has 0 aromatic rings. The van der Waals surface area contributed by atoms with E-state index in [2.05, 4.69) is 17.2 Å². The van der Waals surface area contributed by atoms with Crippen molar-refractivity contribution in [1.82, 2.24) is 5.32 Å². The van der Waals surface area contributed by atoms with E-state index in [1.807, 2.05) is 0 Å². The number of rotatable bonds is 2. The van der Waals surface area contributed by atoms with Gasteiger partial charge in [0.2, 0.25) is 0 Å². The van der Waals surface area contributed by atoms with Crippen LogP contribution in [0.2, 0.25) is 0 Å². The van der Waals surface area contributed by atoms with E-state index >= 15 is 0 Å². The first-order chi connectivity index (χ1) is 8.54. The van der Waals surface area contributed by atoms with E-state index in [-0.39, 0.29) is 11.5 Å². The lowest BCUT2D eigenvalue weighted by molar-refractivity contribution is -0.141. The highest BCUT2D eigenvalue weighted by Gasteiger charge is 2.39. The Kier molecular flexibility index (Phi) is 4.20. The zero-order valence-corrected chi connectivity index (χ0v) is 12.2. The van der Waals surface area contributed by atoms with Crippen molar-refractivity contribution in [3.05, 3.63) is 0 Å². The van der Waals surface area contributed by atoms with Crippen LogP contribution in [-0.2, 0) is 9.53 Å². The number of nitrogens with one attached hydrogen (secondary N) is 1. The molecule has 1 heterocycles. The molecule has 0 aromatic heterocycles. The minimum absolute atomic E-state index is 0.228. The average Bonchev–Trinajstić information content (AvgIpc) is 2.75. The zero-order chi connectivity index (χ0) is 13.2. The third kappa shape index (κ3) is 2.99. The van der Waals surface area contributed by atoms with Crippen LogP contribution < -0.4 is 5.32 Å². The molecule has 1 aliphatic heterocycles. The van der Waals surface area contributed by atoms with Crippen molar-refractivity contribution in [2.75, 3.05) is 12.9 Å². The van der Waals surface area contributed by atoms with Crippen LogP contribution in [0.5, 0.6) is 0 Å². The number of methoxy groups -OCH3 is 1. The first kappa shape index (κ1) is 13.7. The molecule has 0 amide bonds. The minimum atomic E-state index is -0.414. The summed E-state index contributed by atoms with van der Waals surface area (Å²) < 4.78 is 4.69. The number of ether oxygens (including phenoxy) is 1. The highest BCUT2D eigenvalue weighted by atomic mass is 32.2. The van der Waals surface area contributed by atoms with Gasteiger partial charge in [-0.15, -0.1) is 0 Å². The second-order valence-electron chi connectivity index (χ2n) is 5.51. The molecule has 2 aliphatic rings. The molecule has 0 radical (unpaired) electrons. The molecule has 1 saturated heterocycles. The first-order valence-electron chi connectivity index (χ1n) is 6.61. The molecule has 18 heavy (non-hydrogen) atoms. The van der Waals surface area contributed by atoms with Crippen molar-refractivity contribution in [2.24, 2.45) is 10.9 Å². The minimum Gasteiger partial charge on any atom is -0.467 e. The Bertz CT molecular complexity index is 349. The fraction of sp³-hybridized carbons (Fsp3) is 0.846. The van der Waals surface area contributed by atoms with E-state index in [0.717, 1.165) is 16.8 Å². The van der Waals surface area contributed by atoms with Gasteiger partial charge in [-0.1, -0.05) is 18.7 Å². The van der Waals surface area contributed by atoms with Crippen LogP contribution in [0.1, 0.15) is 39.5 Å². The van der Waals surface area contributed by atoms with E-state index in [4.69, 9.17) is 4.74 Å². The van der Waals surface area contributed by atoms with Crippen LogP contribution in [-0.4, -0.2) is 35.6 Å². The maximum Gasteiger partial charge on any atom is 0.330 e. The van der Waals surface area contributed by atoms with Gasteiger partial charge in [-0.3, -0.25) is 0 Å². The van der Waals surface area contributed by atoms with Crippen molar-refractivity contribution in [3.63, 3.8) is 0 Å². The number of nitrogens with zero attached hydrogens (tertiary/aromatic N) is 1. The van der Waals surface area contributed by atoms with Crippen molar-refractivity contribution in [1.29, 1.82) is 0 Å². The molecule has 0 aromatic carbocycles. The Morgan fingerprint density at radius 2 is 2.22 bits per heavy atom. The monoisotopic (exact) mass is 270 g/mol. The van der Waals surface area contributed by atoms with Crippen LogP contribution in [0.15, 0.2) is 4.99 Å². The first-order valence-corrected chi connectivity index (χ1v) is 7.60. The molecule has 102 valence electrons. The van der Waals surface area contributed by atoms with E-state index < -0.39 is 6.04 Å². The van der Waals surface area contributed by atoms with Gasteiger partial charge in [-0.2, -0.15) is 0 Å². The summed E-state index contributed by atoms with van der Waals surface area (Å²) in [5, 5.41) is 4.45. The van der Waals surface area contributed by atoms with Gasteiger partial charge >= 0.3 is 5.97 Å². The highest BCUT2D eigenvalue weighted by molar-refractivity contribution is 8.14. The largest absolute Gasteiger partial charge is 0.467 e.